The number of hydrazine groups is 1. The van der Waals surface area contributed by atoms with Gasteiger partial charge in [-0.05, 0) is 40.2 Å². The number of halogens is 1. The van der Waals surface area contributed by atoms with Crippen LogP contribution in [0.5, 0.6) is 0 Å². The number of rotatable bonds is 9. The zero-order chi connectivity index (χ0) is 24.1. The van der Waals surface area contributed by atoms with E-state index in [9.17, 15) is 14.8 Å². The van der Waals surface area contributed by atoms with Gasteiger partial charge in [-0.2, -0.15) is 4.39 Å². The Hall–Kier alpha value is -2.53. The molecule has 1 aromatic rings. The van der Waals surface area contributed by atoms with E-state index >= 15 is 4.39 Å². The van der Waals surface area contributed by atoms with Crippen molar-refractivity contribution in [1.82, 2.24) is 25.4 Å². The molecule has 0 bridgehead atoms. The minimum atomic E-state index is -0.631. The molecule has 10 nitrogen and oxygen atoms in total. The number of hydroxylamine groups is 2. The van der Waals surface area contributed by atoms with Gasteiger partial charge in [0.05, 0.1) is 12.5 Å². The van der Waals surface area contributed by atoms with Gasteiger partial charge in [-0.3, -0.25) is 30.5 Å². The van der Waals surface area contributed by atoms with E-state index in [0.717, 1.165) is 32.2 Å². The highest BCUT2D eigenvalue weighted by Gasteiger charge is 2.32. The van der Waals surface area contributed by atoms with Crippen LogP contribution in [0.2, 0.25) is 0 Å². The van der Waals surface area contributed by atoms with Crippen LogP contribution in [0.3, 0.4) is 0 Å². The molecular weight excluding hydrogens is 429 g/mol. The molecule has 1 aliphatic heterocycles. The highest BCUT2D eigenvalue weighted by molar-refractivity contribution is 5.80. The molecule has 2 heterocycles. The lowest BCUT2D eigenvalue weighted by Crippen LogP contribution is -2.56. The number of aromatic nitrogens is 2. The Morgan fingerprint density at radius 2 is 1.97 bits per heavy atom. The summed E-state index contributed by atoms with van der Waals surface area (Å²) in [4.78, 5) is 36.4. The lowest BCUT2D eigenvalue weighted by molar-refractivity contribution is -0.154. The molecule has 33 heavy (non-hydrogen) atoms. The molecule has 1 aromatic heterocycles. The number of anilines is 2. The number of hydrogen-bond donors (Lipinski definition) is 3. The van der Waals surface area contributed by atoms with E-state index in [2.05, 4.69) is 32.6 Å². The number of carbonyl (C=O) groups excluding carboxylic acids is 2. The van der Waals surface area contributed by atoms with Crippen molar-refractivity contribution in [2.75, 3.05) is 37.0 Å². The summed E-state index contributed by atoms with van der Waals surface area (Å²) in [5.41, 5.74) is 5.14. The zero-order valence-electron chi connectivity index (χ0n) is 19.9. The number of nitrogens with one attached hydrogen (secondary N) is 2. The Morgan fingerprint density at radius 3 is 2.64 bits per heavy atom. The third-order valence-electron chi connectivity index (χ3n) is 7.09. The normalized spacial score (nSPS) is 22.8. The molecule has 0 radical (unpaired) electrons. The summed E-state index contributed by atoms with van der Waals surface area (Å²) in [6, 6.07) is 0.268. The van der Waals surface area contributed by atoms with Gasteiger partial charge in [-0.25, -0.2) is 15.0 Å². The third-order valence-corrected chi connectivity index (χ3v) is 7.09. The van der Waals surface area contributed by atoms with E-state index in [-0.39, 0.29) is 36.7 Å². The summed E-state index contributed by atoms with van der Waals surface area (Å²) in [6.45, 7) is 7.09. The standard InChI is InChI=1S/C22H36FN7O3/c1-14-15(2)30(10-9-28(14)4)21-19(23)20(24-16(3)25-21)26-27-22(32)18(12-29(33)13-31)11-17-7-5-6-8-17/h13-15,17-18,33H,5-12H2,1-4H3,(H,27,32)(H,24,25,26)/t14?,15-,18+/m0/s1. The molecule has 11 heteroatoms. The molecule has 3 atom stereocenters. The van der Waals surface area contributed by atoms with Gasteiger partial charge in [0.1, 0.15) is 5.82 Å². The second-order valence-electron chi connectivity index (χ2n) is 9.34. The highest BCUT2D eigenvalue weighted by Crippen LogP contribution is 2.31. The summed E-state index contributed by atoms with van der Waals surface area (Å²) in [5, 5.41) is 10.1. The fourth-order valence-corrected chi connectivity index (χ4v) is 4.82. The molecule has 2 fully saturated rings. The smallest absolute Gasteiger partial charge is 0.243 e. The molecule has 1 aliphatic carbocycles. The Morgan fingerprint density at radius 1 is 1.27 bits per heavy atom. The maximum atomic E-state index is 15.4. The average molecular weight is 466 g/mol. The van der Waals surface area contributed by atoms with Crippen LogP contribution in [0.25, 0.3) is 0 Å². The van der Waals surface area contributed by atoms with Crippen LogP contribution >= 0.6 is 0 Å². The molecule has 2 amide bonds. The Bertz CT molecular complexity index is 836. The molecule has 0 spiro atoms. The molecule has 1 saturated carbocycles. The minimum Gasteiger partial charge on any atom is -0.348 e. The zero-order valence-corrected chi connectivity index (χ0v) is 19.9. The number of nitrogens with zero attached hydrogens (tertiary/aromatic N) is 5. The lowest BCUT2D eigenvalue weighted by Gasteiger charge is -2.44. The highest BCUT2D eigenvalue weighted by atomic mass is 19.1. The molecular formula is C22H36FN7O3. The summed E-state index contributed by atoms with van der Waals surface area (Å²) in [7, 11) is 2.04. The van der Waals surface area contributed by atoms with Crippen molar-refractivity contribution >= 4 is 24.0 Å². The minimum absolute atomic E-state index is 0.0460. The SMILES string of the molecule is Cc1nc(NNC(=O)[C@H](CC2CCCC2)CN(O)C=O)c(F)c(N2CCN(C)C(C)[C@@H]2C)n1. The monoisotopic (exact) mass is 465 g/mol. The van der Waals surface area contributed by atoms with Gasteiger partial charge in [0.25, 0.3) is 0 Å². The maximum absolute atomic E-state index is 15.4. The first kappa shape index (κ1) is 25.1. The van der Waals surface area contributed by atoms with Crippen molar-refractivity contribution in [3.63, 3.8) is 0 Å². The Kier molecular flexibility index (Phi) is 8.41. The molecule has 3 N–H and O–H groups in total. The molecule has 0 aromatic carbocycles. The van der Waals surface area contributed by atoms with E-state index in [0.29, 0.717) is 29.8 Å². The Balaban J connectivity index is 1.72. The summed E-state index contributed by atoms with van der Waals surface area (Å²) < 4.78 is 15.4. The van der Waals surface area contributed by atoms with Crippen LogP contribution < -0.4 is 15.8 Å². The predicted octanol–water partition coefficient (Wildman–Crippen LogP) is 1.94. The van der Waals surface area contributed by atoms with Crippen molar-refractivity contribution in [3.8, 4) is 0 Å². The van der Waals surface area contributed by atoms with Gasteiger partial charge in [0.2, 0.25) is 18.1 Å². The summed E-state index contributed by atoms with van der Waals surface area (Å²) >= 11 is 0. The van der Waals surface area contributed by atoms with Crippen molar-refractivity contribution < 1.29 is 19.2 Å². The first-order valence-corrected chi connectivity index (χ1v) is 11.7. The maximum Gasteiger partial charge on any atom is 0.243 e. The largest absolute Gasteiger partial charge is 0.348 e. The van der Waals surface area contributed by atoms with Crippen molar-refractivity contribution in [1.29, 1.82) is 0 Å². The second-order valence-corrected chi connectivity index (χ2v) is 9.34. The fraction of sp³-hybridized carbons (Fsp3) is 0.727. The first-order valence-electron chi connectivity index (χ1n) is 11.7. The first-order chi connectivity index (χ1) is 15.7. The molecule has 2 aliphatic rings. The average Bonchev–Trinajstić information content (AvgIpc) is 3.30. The van der Waals surface area contributed by atoms with Crippen molar-refractivity contribution in [2.24, 2.45) is 11.8 Å². The number of aryl methyl sites for hydroxylation is 1. The fourth-order valence-electron chi connectivity index (χ4n) is 4.82. The molecule has 3 rings (SSSR count). The van der Waals surface area contributed by atoms with Gasteiger partial charge in [-0.1, -0.05) is 25.7 Å². The van der Waals surface area contributed by atoms with E-state index in [1.807, 2.05) is 18.9 Å². The summed E-state index contributed by atoms with van der Waals surface area (Å²) in [5.74, 6) is -0.842. The van der Waals surface area contributed by atoms with Crippen LogP contribution in [0, 0.1) is 24.6 Å². The lowest BCUT2D eigenvalue weighted by atomic mass is 9.92. The number of hydrogen-bond acceptors (Lipinski definition) is 8. The van der Waals surface area contributed by atoms with Crippen LogP contribution in [-0.4, -0.2) is 76.2 Å². The van der Waals surface area contributed by atoms with Gasteiger partial charge in [0.15, 0.2) is 11.6 Å². The van der Waals surface area contributed by atoms with E-state index in [1.54, 1.807) is 6.92 Å². The van der Waals surface area contributed by atoms with Gasteiger partial charge in [-0.15, -0.1) is 0 Å². The van der Waals surface area contributed by atoms with Crippen LogP contribution in [0.1, 0.15) is 51.8 Å². The topological polar surface area (TPSA) is 114 Å². The second kappa shape index (κ2) is 11.1. The number of amides is 2. The van der Waals surface area contributed by atoms with Crippen molar-refractivity contribution in [3.05, 3.63) is 11.6 Å². The van der Waals surface area contributed by atoms with Gasteiger partial charge >= 0.3 is 0 Å². The van der Waals surface area contributed by atoms with E-state index in [1.165, 1.54) is 0 Å². The van der Waals surface area contributed by atoms with E-state index < -0.39 is 17.6 Å². The van der Waals surface area contributed by atoms with Crippen LogP contribution in [-0.2, 0) is 9.59 Å². The number of piperazine rings is 1. The predicted molar refractivity (Wildman–Crippen MR) is 122 cm³/mol. The molecule has 1 unspecified atom stereocenters. The van der Waals surface area contributed by atoms with Crippen LogP contribution in [0.4, 0.5) is 16.0 Å². The number of carbonyl (C=O) groups is 2. The van der Waals surface area contributed by atoms with Gasteiger partial charge in [0, 0.05) is 25.2 Å². The third kappa shape index (κ3) is 6.08. The molecule has 1 saturated heterocycles. The van der Waals surface area contributed by atoms with E-state index in [4.69, 9.17) is 0 Å². The Labute approximate surface area is 194 Å². The van der Waals surface area contributed by atoms with Gasteiger partial charge < -0.3 is 4.90 Å². The quantitative estimate of drug-likeness (QED) is 0.288. The summed E-state index contributed by atoms with van der Waals surface area (Å²) in [6.07, 6.45) is 5.10. The molecule has 184 valence electrons. The van der Waals surface area contributed by atoms with Crippen LogP contribution in [0.15, 0.2) is 0 Å². The number of likely N-dealkylation sites (N-methyl/N-ethyl adjacent to an activating group) is 1. The van der Waals surface area contributed by atoms with Crippen molar-refractivity contribution in [2.45, 2.75) is 65.0 Å².